The third-order valence-corrected chi connectivity index (χ3v) is 6.69. The van der Waals surface area contributed by atoms with Crippen molar-refractivity contribution in [3.63, 3.8) is 0 Å². The van der Waals surface area contributed by atoms with Crippen molar-refractivity contribution in [1.82, 2.24) is 9.78 Å². The molecule has 1 aliphatic rings. The van der Waals surface area contributed by atoms with Gasteiger partial charge in [-0.25, -0.2) is 4.68 Å². The van der Waals surface area contributed by atoms with Gasteiger partial charge in [0.05, 0.1) is 22.4 Å². The number of ether oxygens (including phenoxy) is 1. The highest BCUT2D eigenvalue weighted by Crippen LogP contribution is 2.47. The highest BCUT2D eigenvalue weighted by atomic mass is 32.2. The van der Waals surface area contributed by atoms with Crippen LogP contribution in [0.4, 0.5) is 5.82 Å². The van der Waals surface area contributed by atoms with E-state index in [1.165, 1.54) is 0 Å². The molecule has 0 saturated heterocycles. The van der Waals surface area contributed by atoms with Gasteiger partial charge in [-0.15, -0.1) is 11.8 Å². The number of hydrogen-bond acceptors (Lipinski definition) is 4. The summed E-state index contributed by atoms with van der Waals surface area (Å²) in [6.07, 6.45) is 1.72. The number of hydrogen-bond donors (Lipinski definition) is 1. The Morgan fingerprint density at radius 3 is 2.42 bits per heavy atom. The van der Waals surface area contributed by atoms with Crippen molar-refractivity contribution in [3.05, 3.63) is 109 Å². The zero-order valence-corrected chi connectivity index (χ0v) is 18.8. The zero-order valence-electron chi connectivity index (χ0n) is 18.0. The number of rotatable bonds is 6. The van der Waals surface area contributed by atoms with Crippen molar-refractivity contribution < 1.29 is 9.53 Å². The molecule has 1 atom stereocenters. The van der Waals surface area contributed by atoms with E-state index in [1.54, 1.807) is 17.8 Å². The number of amides is 1. The maximum absolute atomic E-state index is 12.7. The molecule has 6 heteroatoms. The van der Waals surface area contributed by atoms with Crippen LogP contribution in [0.2, 0.25) is 0 Å². The van der Waals surface area contributed by atoms with Gasteiger partial charge in [0.1, 0.15) is 18.2 Å². The second kappa shape index (κ2) is 9.38. The van der Waals surface area contributed by atoms with Crippen LogP contribution in [0, 0.1) is 0 Å². The summed E-state index contributed by atoms with van der Waals surface area (Å²) in [5.74, 6) is 1.82. The molecule has 1 aromatic heterocycles. The number of thioether (sulfide) groups is 1. The molecule has 5 rings (SSSR count). The lowest BCUT2D eigenvalue weighted by Gasteiger charge is -2.17. The van der Waals surface area contributed by atoms with Crippen LogP contribution in [0.15, 0.2) is 97.6 Å². The topological polar surface area (TPSA) is 56.1 Å². The van der Waals surface area contributed by atoms with Crippen LogP contribution >= 0.6 is 11.8 Å². The minimum absolute atomic E-state index is 0.0358. The van der Waals surface area contributed by atoms with Crippen molar-refractivity contribution in [2.75, 3.05) is 17.7 Å². The first kappa shape index (κ1) is 21.1. The molecule has 0 unspecified atom stereocenters. The van der Waals surface area contributed by atoms with Crippen molar-refractivity contribution in [2.45, 2.75) is 5.25 Å². The fourth-order valence-corrected chi connectivity index (χ4v) is 5.06. The predicted octanol–water partition coefficient (Wildman–Crippen LogP) is 5.88. The minimum Gasteiger partial charge on any atom is -0.490 e. The van der Waals surface area contributed by atoms with E-state index >= 15 is 0 Å². The van der Waals surface area contributed by atoms with Crippen LogP contribution < -0.4 is 10.1 Å². The van der Waals surface area contributed by atoms with Gasteiger partial charge in [-0.2, -0.15) is 5.10 Å². The standard InChI is InChI=1S/C27H23N3O2S/c1-2-17-32-22-15-13-20(14-16-22)26-24-25(19-9-5-3-6-10-19)29-30(21-11-7-4-8-12-21)27(24)28-23(31)18-33-26/h2-16,26H,1,17-18H2,(H,28,31)/t26-/m1/s1. The number of nitrogens with one attached hydrogen (secondary N) is 1. The lowest BCUT2D eigenvalue weighted by Crippen LogP contribution is -2.15. The number of nitrogens with zero attached hydrogens (tertiary/aromatic N) is 2. The van der Waals surface area contributed by atoms with E-state index in [4.69, 9.17) is 9.84 Å². The van der Waals surface area contributed by atoms with Crippen molar-refractivity contribution in [1.29, 1.82) is 0 Å². The van der Waals surface area contributed by atoms with Crippen molar-refractivity contribution in [2.24, 2.45) is 0 Å². The molecule has 5 nitrogen and oxygen atoms in total. The Kier molecular flexibility index (Phi) is 6.00. The molecule has 0 aliphatic carbocycles. The van der Waals surface area contributed by atoms with E-state index in [-0.39, 0.29) is 11.2 Å². The molecule has 1 aliphatic heterocycles. The minimum atomic E-state index is -0.0694. The summed E-state index contributed by atoms with van der Waals surface area (Å²) in [4.78, 5) is 12.7. The van der Waals surface area contributed by atoms with Crippen LogP contribution in [0.25, 0.3) is 16.9 Å². The van der Waals surface area contributed by atoms with Gasteiger partial charge in [0.25, 0.3) is 0 Å². The maximum atomic E-state index is 12.7. The molecule has 1 amide bonds. The van der Waals surface area contributed by atoms with Gasteiger partial charge in [-0.3, -0.25) is 4.79 Å². The normalized spacial score (nSPS) is 15.3. The van der Waals surface area contributed by atoms with Crippen LogP contribution in [0.1, 0.15) is 16.4 Å². The first-order chi connectivity index (χ1) is 16.2. The van der Waals surface area contributed by atoms with Crippen LogP contribution in [0.3, 0.4) is 0 Å². The van der Waals surface area contributed by atoms with Gasteiger partial charge in [-0.05, 0) is 29.8 Å². The second-order valence-electron chi connectivity index (χ2n) is 7.63. The number of benzene rings is 3. The summed E-state index contributed by atoms with van der Waals surface area (Å²) in [6.45, 7) is 4.16. The number of anilines is 1. The Balaban J connectivity index is 1.68. The first-order valence-corrected chi connectivity index (χ1v) is 11.8. The van der Waals surface area contributed by atoms with Crippen molar-refractivity contribution in [3.8, 4) is 22.7 Å². The maximum Gasteiger partial charge on any atom is 0.235 e. The summed E-state index contributed by atoms with van der Waals surface area (Å²) in [5.41, 5.74) is 4.86. The molecule has 0 spiro atoms. The molecule has 164 valence electrons. The van der Waals surface area contributed by atoms with E-state index in [0.717, 1.165) is 33.8 Å². The smallest absolute Gasteiger partial charge is 0.235 e. The highest BCUT2D eigenvalue weighted by Gasteiger charge is 2.32. The van der Waals surface area contributed by atoms with Gasteiger partial charge in [-0.1, -0.05) is 73.3 Å². The van der Waals surface area contributed by atoms with Gasteiger partial charge < -0.3 is 10.1 Å². The fraction of sp³-hybridized carbons (Fsp3) is 0.111. The third kappa shape index (κ3) is 4.30. The second-order valence-corrected chi connectivity index (χ2v) is 8.73. The Morgan fingerprint density at radius 1 is 1.03 bits per heavy atom. The molecule has 1 N–H and O–H groups in total. The van der Waals surface area contributed by atoms with Crippen LogP contribution in [0.5, 0.6) is 5.75 Å². The molecule has 0 saturated carbocycles. The van der Waals surface area contributed by atoms with Crippen LogP contribution in [-0.2, 0) is 4.79 Å². The Bertz CT molecular complexity index is 1270. The van der Waals surface area contributed by atoms with E-state index in [1.807, 2.05) is 65.3 Å². The molecule has 0 fully saturated rings. The molecule has 0 bridgehead atoms. The van der Waals surface area contributed by atoms with E-state index < -0.39 is 0 Å². The average molecular weight is 454 g/mol. The molecule has 3 aromatic carbocycles. The number of fused-ring (bicyclic) bond motifs is 1. The summed E-state index contributed by atoms with van der Waals surface area (Å²) in [7, 11) is 0. The highest BCUT2D eigenvalue weighted by molar-refractivity contribution is 8.00. The predicted molar refractivity (Wildman–Crippen MR) is 134 cm³/mol. The largest absolute Gasteiger partial charge is 0.490 e. The van der Waals surface area contributed by atoms with E-state index in [0.29, 0.717) is 18.2 Å². The average Bonchev–Trinajstić information content (AvgIpc) is 3.14. The number of carbonyl (C=O) groups excluding carboxylic acids is 1. The van der Waals surface area contributed by atoms with Gasteiger partial charge in [0, 0.05) is 11.1 Å². The summed E-state index contributed by atoms with van der Waals surface area (Å²) < 4.78 is 7.50. The first-order valence-electron chi connectivity index (χ1n) is 10.7. The third-order valence-electron chi connectivity index (χ3n) is 5.42. The molecular weight excluding hydrogens is 430 g/mol. The number of para-hydroxylation sites is 1. The Morgan fingerprint density at radius 2 is 1.73 bits per heavy atom. The SMILES string of the molecule is C=CCOc1ccc([C@H]2SCC(=O)Nc3c2c(-c2ccccc2)nn3-c2ccccc2)cc1. The van der Waals surface area contributed by atoms with Gasteiger partial charge in [0.2, 0.25) is 5.91 Å². The van der Waals surface area contributed by atoms with Gasteiger partial charge in [0.15, 0.2) is 0 Å². The molecule has 4 aromatic rings. The summed E-state index contributed by atoms with van der Waals surface area (Å²) in [5, 5.41) is 8.05. The zero-order chi connectivity index (χ0) is 22.6. The summed E-state index contributed by atoms with van der Waals surface area (Å²) >= 11 is 1.61. The lowest BCUT2D eigenvalue weighted by molar-refractivity contribution is -0.113. The molecule has 0 radical (unpaired) electrons. The molecule has 33 heavy (non-hydrogen) atoms. The molecule has 2 heterocycles. The van der Waals surface area contributed by atoms with Gasteiger partial charge >= 0.3 is 0 Å². The molecular formula is C27H23N3O2S. The van der Waals surface area contributed by atoms with E-state index in [2.05, 4.69) is 36.2 Å². The number of aromatic nitrogens is 2. The fourth-order valence-electron chi connectivity index (χ4n) is 3.93. The van der Waals surface area contributed by atoms with Crippen LogP contribution in [-0.4, -0.2) is 28.0 Å². The lowest BCUT2D eigenvalue weighted by atomic mass is 10.00. The quantitative estimate of drug-likeness (QED) is 0.371. The van der Waals surface area contributed by atoms with Crippen molar-refractivity contribution >= 4 is 23.5 Å². The summed E-state index contributed by atoms with van der Waals surface area (Å²) in [6, 6.07) is 28.1. The monoisotopic (exact) mass is 453 g/mol. The number of carbonyl (C=O) groups is 1. The Labute approximate surface area is 197 Å². The Hall–Kier alpha value is -3.77. The van der Waals surface area contributed by atoms with E-state index in [9.17, 15) is 4.79 Å².